The minimum absolute atomic E-state index is 0.0386. The molecule has 0 bridgehead atoms. The molecule has 0 N–H and O–H groups in total. The van der Waals surface area contributed by atoms with Crippen LogP contribution < -0.4 is 0 Å². The predicted molar refractivity (Wildman–Crippen MR) is 132 cm³/mol. The first-order chi connectivity index (χ1) is 14.9. The van der Waals surface area contributed by atoms with Crippen LogP contribution in [0, 0.1) is 0 Å². The topological polar surface area (TPSA) is 45.6 Å². The quantitative estimate of drug-likeness (QED) is 0.479. The number of amides is 2. The number of para-hydroxylation sites is 1. The summed E-state index contributed by atoms with van der Waals surface area (Å²) in [5.74, 6) is 0.127. The van der Waals surface area contributed by atoms with E-state index >= 15 is 0 Å². The lowest BCUT2D eigenvalue weighted by Gasteiger charge is -2.33. The van der Waals surface area contributed by atoms with Crippen LogP contribution in [-0.2, 0) is 22.6 Å². The molecular weight excluding hydrogens is 426 g/mol. The van der Waals surface area contributed by atoms with Gasteiger partial charge in [-0.1, -0.05) is 49.1 Å². The molecule has 3 heterocycles. The van der Waals surface area contributed by atoms with E-state index in [4.69, 9.17) is 12.2 Å². The minimum Gasteiger partial charge on any atom is -0.338 e. The molecule has 0 spiro atoms. The predicted octanol–water partition coefficient (Wildman–Crippen LogP) is 4.83. The molecule has 2 fully saturated rings. The van der Waals surface area contributed by atoms with Gasteiger partial charge in [0.05, 0.1) is 10.4 Å². The Kier molecular flexibility index (Phi) is 6.53. The van der Waals surface area contributed by atoms with Gasteiger partial charge in [0.2, 0.25) is 5.91 Å². The smallest absolute Gasteiger partial charge is 0.266 e. The summed E-state index contributed by atoms with van der Waals surface area (Å²) in [5.41, 5.74) is 3.25. The number of aromatic nitrogens is 1. The Bertz CT molecular complexity index is 1070. The largest absolute Gasteiger partial charge is 0.338 e. The van der Waals surface area contributed by atoms with E-state index in [2.05, 4.69) is 36.6 Å². The number of aryl methyl sites for hydroxylation is 1. The highest BCUT2D eigenvalue weighted by Crippen LogP contribution is 2.35. The molecule has 1 aromatic heterocycles. The molecule has 2 saturated heterocycles. The number of nitrogens with zero attached hydrogens (tertiary/aromatic N) is 3. The van der Waals surface area contributed by atoms with E-state index in [0.29, 0.717) is 28.4 Å². The second-order valence-corrected chi connectivity index (χ2v) is 9.91. The summed E-state index contributed by atoms with van der Waals surface area (Å²) in [4.78, 5) is 30.2. The first-order valence-corrected chi connectivity index (χ1v) is 12.3. The highest BCUT2D eigenvalue weighted by atomic mass is 32.2. The number of carbonyl (C=O) groups is 2. The van der Waals surface area contributed by atoms with Gasteiger partial charge in [0.25, 0.3) is 5.91 Å². The van der Waals surface area contributed by atoms with Gasteiger partial charge in [-0.3, -0.25) is 14.5 Å². The number of likely N-dealkylation sites (tertiary alicyclic amines) is 1. The molecule has 0 unspecified atom stereocenters. The lowest BCUT2D eigenvalue weighted by molar-refractivity contribution is -0.135. The molecule has 2 aliphatic rings. The number of benzene rings is 1. The second-order valence-electron chi connectivity index (χ2n) is 8.24. The third-order valence-electron chi connectivity index (χ3n) is 6.30. The normalized spacial score (nSPS) is 21.0. The van der Waals surface area contributed by atoms with Crippen molar-refractivity contribution in [3.63, 3.8) is 0 Å². The van der Waals surface area contributed by atoms with E-state index in [1.807, 2.05) is 24.1 Å². The maximum atomic E-state index is 13.2. The molecule has 2 aliphatic heterocycles. The van der Waals surface area contributed by atoms with Gasteiger partial charge in [-0.05, 0) is 51.2 Å². The van der Waals surface area contributed by atoms with Crippen LogP contribution in [0.3, 0.4) is 0 Å². The molecule has 2 aromatic rings. The number of hydrogen-bond acceptors (Lipinski definition) is 4. The van der Waals surface area contributed by atoms with Crippen molar-refractivity contribution in [1.29, 1.82) is 0 Å². The van der Waals surface area contributed by atoms with E-state index < -0.39 is 0 Å². The number of carbonyl (C=O) groups excluding carboxylic acids is 2. The van der Waals surface area contributed by atoms with Crippen LogP contribution in [0.4, 0.5) is 0 Å². The third-order valence-corrected chi connectivity index (χ3v) is 7.68. The van der Waals surface area contributed by atoms with Crippen LogP contribution in [0.25, 0.3) is 17.0 Å². The minimum atomic E-state index is -0.0386. The van der Waals surface area contributed by atoms with Gasteiger partial charge in [0, 0.05) is 36.3 Å². The maximum Gasteiger partial charge on any atom is 0.266 e. The molecule has 5 nitrogen and oxygen atoms in total. The maximum absolute atomic E-state index is 13.2. The summed E-state index contributed by atoms with van der Waals surface area (Å²) in [7, 11) is 0. The summed E-state index contributed by atoms with van der Waals surface area (Å²) in [6.45, 7) is 7.94. The SMILES string of the molecule is CCc1cccc2c(/C=C3\SC(=S)N(CC)C3=O)cn(CC(=O)N3CCCC[C@@H]3C)c12. The lowest BCUT2D eigenvalue weighted by Crippen LogP contribution is -2.43. The summed E-state index contributed by atoms with van der Waals surface area (Å²) in [6, 6.07) is 6.54. The van der Waals surface area contributed by atoms with Gasteiger partial charge in [-0.2, -0.15) is 0 Å². The number of hydrogen-bond donors (Lipinski definition) is 0. The molecule has 1 aromatic carbocycles. The zero-order valence-electron chi connectivity index (χ0n) is 18.4. The van der Waals surface area contributed by atoms with E-state index in [-0.39, 0.29) is 11.8 Å². The highest BCUT2D eigenvalue weighted by molar-refractivity contribution is 8.26. The number of likely N-dealkylation sites (N-methyl/N-ethyl adjacent to an activating group) is 1. The van der Waals surface area contributed by atoms with Crippen molar-refractivity contribution < 1.29 is 9.59 Å². The molecule has 4 rings (SSSR count). The van der Waals surface area contributed by atoms with Gasteiger partial charge < -0.3 is 9.47 Å². The lowest BCUT2D eigenvalue weighted by atomic mass is 10.0. The number of piperidine rings is 1. The van der Waals surface area contributed by atoms with Gasteiger partial charge in [-0.25, -0.2) is 0 Å². The molecule has 31 heavy (non-hydrogen) atoms. The van der Waals surface area contributed by atoms with Crippen molar-refractivity contribution in [2.45, 2.75) is 59.0 Å². The van der Waals surface area contributed by atoms with Crippen LogP contribution in [0.15, 0.2) is 29.3 Å². The van der Waals surface area contributed by atoms with Gasteiger partial charge in [-0.15, -0.1) is 0 Å². The van der Waals surface area contributed by atoms with Crippen molar-refractivity contribution in [3.8, 4) is 0 Å². The summed E-state index contributed by atoms with van der Waals surface area (Å²) in [5, 5.41) is 1.07. The fraction of sp³-hybridized carbons (Fsp3) is 0.458. The average molecular weight is 456 g/mol. The number of thiocarbonyl (C=S) groups is 1. The van der Waals surface area contributed by atoms with Crippen LogP contribution in [0.1, 0.15) is 51.2 Å². The Balaban J connectivity index is 1.73. The van der Waals surface area contributed by atoms with E-state index in [1.165, 1.54) is 23.7 Å². The first kappa shape index (κ1) is 22.1. The van der Waals surface area contributed by atoms with Crippen molar-refractivity contribution in [1.82, 2.24) is 14.4 Å². The van der Waals surface area contributed by atoms with E-state index in [1.54, 1.807) is 4.90 Å². The Labute approximate surface area is 193 Å². The van der Waals surface area contributed by atoms with E-state index in [9.17, 15) is 9.59 Å². The molecule has 0 radical (unpaired) electrons. The fourth-order valence-corrected chi connectivity index (χ4v) is 5.98. The third kappa shape index (κ3) is 4.17. The van der Waals surface area contributed by atoms with Crippen molar-refractivity contribution >= 4 is 57.1 Å². The van der Waals surface area contributed by atoms with Crippen LogP contribution in [0.5, 0.6) is 0 Å². The van der Waals surface area contributed by atoms with E-state index in [0.717, 1.165) is 42.3 Å². The van der Waals surface area contributed by atoms with Crippen molar-refractivity contribution in [2.75, 3.05) is 13.1 Å². The Morgan fingerprint density at radius 3 is 2.77 bits per heavy atom. The van der Waals surface area contributed by atoms with Crippen LogP contribution >= 0.6 is 24.0 Å². The molecular formula is C24H29N3O2S2. The van der Waals surface area contributed by atoms with Crippen molar-refractivity contribution in [2.24, 2.45) is 0 Å². The van der Waals surface area contributed by atoms with Crippen LogP contribution in [0.2, 0.25) is 0 Å². The van der Waals surface area contributed by atoms with Crippen LogP contribution in [-0.4, -0.2) is 49.6 Å². The monoisotopic (exact) mass is 455 g/mol. The Morgan fingerprint density at radius 1 is 1.29 bits per heavy atom. The molecule has 0 saturated carbocycles. The first-order valence-electron chi connectivity index (χ1n) is 11.1. The molecule has 164 valence electrons. The number of thioether (sulfide) groups is 1. The molecule has 2 amide bonds. The van der Waals surface area contributed by atoms with Gasteiger partial charge >= 0.3 is 0 Å². The summed E-state index contributed by atoms with van der Waals surface area (Å²) >= 11 is 6.71. The zero-order chi connectivity index (χ0) is 22.1. The van der Waals surface area contributed by atoms with Gasteiger partial charge in [0.15, 0.2) is 0 Å². The number of rotatable bonds is 5. The highest BCUT2D eigenvalue weighted by Gasteiger charge is 2.31. The standard InChI is InChI=1S/C24H29N3O2S2/c1-4-17-10-8-11-19-18(13-20-23(29)26(5-2)24(30)31-20)14-25(22(17)19)15-21(28)27-12-7-6-9-16(27)3/h8,10-11,13-14,16H,4-7,9,12,15H2,1-3H3/b20-13-/t16-/m0/s1. The molecule has 1 atom stereocenters. The van der Waals surface area contributed by atoms with Gasteiger partial charge in [0.1, 0.15) is 10.9 Å². The average Bonchev–Trinajstić information content (AvgIpc) is 3.24. The summed E-state index contributed by atoms with van der Waals surface area (Å²) in [6.07, 6.45) is 8.18. The molecule has 7 heteroatoms. The summed E-state index contributed by atoms with van der Waals surface area (Å²) < 4.78 is 2.68. The number of fused-ring (bicyclic) bond motifs is 1. The zero-order valence-corrected chi connectivity index (χ0v) is 20.0. The molecule has 0 aliphatic carbocycles. The van der Waals surface area contributed by atoms with Crippen molar-refractivity contribution in [3.05, 3.63) is 40.4 Å². The second kappa shape index (κ2) is 9.17. The Morgan fingerprint density at radius 2 is 2.10 bits per heavy atom. The fourth-order valence-electron chi connectivity index (χ4n) is 4.61. The Hall–Kier alpha value is -2.12.